The zero-order chi connectivity index (χ0) is 32.0. The molecule has 0 fully saturated rings. The second kappa shape index (κ2) is 17.5. The molecule has 0 aromatic heterocycles. The first-order valence-electron chi connectivity index (χ1n) is 12.8. The number of rotatable bonds is 22. The van der Waals surface area contributed by atoms with Gasteiger partial charge in [-0.15, -0.1) is 0 Å². The van der Waals surface area contributed by atoms with Gasteiger partial charge in [-0.1, -0.05) is 0 Å². The quantitative estimate of drug-likeness (QED) is 0.0964. The van der Waals surface area contributed by atoms with Gasteiger partial charge < -0.3 is 24.4 Å². The van der Waals surface area contributed by atoms with Gasteiger partial charge in [0, 0.05) is 31.6 Å². The highest BCUT2D eigenvalue weighted by molar-refractivity contribution is 7.86. The van der Waals surface area contributed by atoms with Crippen molar-refractivity contribution in [2.75, 3.05) is 63.8 Å². The van der Waals surface area contributed by atoms with Gasteiger partial charge >= 0.3 is 0 Å². The Labute approximate surface area is 245 Å². The lowest BCUT2D eigenvalue weighted by Crippen LogP contribution is -2.37. The Morgan fingerprint density at radius 3 is 1.57 bits per heavy atom. The molecule has 42 heavy (non-hydrogen) atoms. The first-order valence-corrected chi connectivity index (χ1v) is 17.6. The molecule has 4 N–H and O–H groups in total. The molecule has 16 nitrogen and oxygen atoms in total. The van der Waals surface area contributed by atoms with Crippen molar-refractivity contribution in [1.29, 1.82) is 0 Å². The summed E-state index contributed by atoms with van der Waals surface area (Å²) in [6.07, 6.45) is -0.386. The minimum Gasteiger partial charge on any atom is -0.489 e. The average molecular weight is 663 g/mol. The molecule has 0 aliphatic heterocycles. The highest BCUT2D eigenvalue weighted by Crippen LogP contribution is 2.40. The van der Waals surface area contributed by atoms with Crippen LogP contribution in [0.25, 0.3) is 0 Å². The summed E-state index contributed by atoms with van der Waals surface area (Å²) in [6, 6.07) is 2.55. The molecule has 1 aromatic rings. The average Bonchev–Trinajstić information content (AvgIpc) is 2.85. The Hall–Kier alpha value is -2.55. The number of ether oxygens (including phenoxy) is 3. The predicted molar refractivity (Wildman–Crippen MR) is 151 cm³/mol. The number of benzene rings is 1. The van der Waals surface area contributed by atoms with E-state index >= 15 is 0 Å². The third-order valence-corrected chi connectivity index (χ3v) is 7.74. The van der Waals surface area contributed by atoms with Gasteiger partial charge in [-0.3, -0.25) is 23.2 Å². The fraction of sp³-hybridized carbons (Fsp3) is 0.652. The number of carbonyl (C=O) groups excluding carboxylic acids is 2. The van der Waals surface area contributed by atoms with Crippen molar-refractivity contribution in [2.24, 2.45) is 0 Å². The number of hydrogen-bond donors (Lipinski definition) is 4. The molecule has 0 atom stereocenters. The second-order valence-electron chi connectivity index (χ2n) is 9.11. The van der Waals surface area contributed by atoms with Crippen molar-refractivity contribution in [1.82, 2.24) is 10.2 Å². The maximum absolute atomic E-state index is 13.5. The van der Waals surface area contributed by atoms with Crippen LogP contribution in [0.3, 0.4) is 0 Å². The van der Waals surface area contributed by atoms with Crippen molar-refractivity contribution in [3.05, 3.63) is 17.7 Å². The van der Waals surface area contributed by atoms with Gasteiger partial charge in [0.05, 0.1) is 37.1 Å². The molecule has 242 valence electrons. The molecule has 0 unspecified atom stereocenters. The fourth-order valence-corrected chi connectivity index (χ4v) is 4.80. The predicted octanol–water partition coefficient (Wildman–Crippen LogP) is 0.297. The Morgan fingerprint density at radius 2 is 1.19 bits per heavy atom. The van der Waals surface area contributed by atoms with E-state index in [-0.39, 0.29) is 87.2 Å². The van der Waals surface area contributed by atoms with Crippen LogP contribution in [0.1, 0.15) is 43.0 Å². The van der Waals surface area contributed by atoms with Gasteiger partial charge in [0.15, 0.2) is 11.5 Å². The van der Waals surface area contributed by atoms with Gasteiger partial charge in [0.2, 0.25) is 5.75 Å². The van der Waals surface area contributed by atoms with E-state index in [1.165, 1.54) is 24.0 Å². The molecular formula is C23H38N2O14S3. The summed E-state index contributed by atoms with van der Waals surface area (Å²) in [4.78, 5) is 26.5. The van der Waals surface area contributed by atoms with E-state index in [1.54, 1.807) is 7.05 Å². The van der Waals surface area contributed by atoms with Crippen LogP contribution in [0.2, 0.25) is 0 Å². The molecule has 1 amide bonds. The largest absolute Gasteiger partial charge is 0.489 e. The lowest BCUT2D eigenvalue weighted by atomic mass is 10.1. The molecule has 0 spiro atoms. The standard InChI is InChI=1S/C23H38N2O14S3/c1-18(26)6-8-25(9-7-24-2)23(27)19-16-20(37-10-3-13-40(28,29)30)22(39-12-5-15-42(34,35)36)21(17-19)38-11-4-14-41(31,32)33/h16-17,24H,3-15H2,1-2H3,(H,28,29,30)(H,31,32,33)(H,34,35,36). The molecule has 0 radical (unpaired) electrons. The number of ketones is 1. The maximum Gasteiger partial charge on any atom is 0.264 e. The topological polar surface area (TPSA) is 240 Å². The summed E-state index contributed by atoms with van der Waals surface area (Å²) in [7, 11) is -11.2. The molecular weight excluding hydrogens is 624 g/mol. The summed E-state index contributed by atoms with van der Waals surface area (Å²) < 4.78 is 111. The summed E-state index contributed by atoms with van der Waals surface area (Å²) in [5.74, 6) is -2.93. The Kier molecular flexibility index (Phi) is 15.6. The number of nitrogens with zero attached hydrogens (tertiary/aromatic N) is 1. The van der Waals surface area contributed by atoms with Gasteiger partial charge in [0.25, 0.3) is 36.3 Å². The van der Waals surface area contributed by atoms with E-state index in [0.29, 0.717) is 6.54 Å². The van der Waals surface area contributed by atoms with Crippen LogP contribution in [0, 0.1) is 0 Å². The number of amides is 1. The zero-order valence-electron chi connectivity index (χ0n) is 23.4. The summed E-state index contributed by atoms with van der Waals surface area (Å²) in [5, 5.41) is 2.91. The van der Waals surface area contributed by atoms with Crippen LogP contribution >= 0.6 is 0 Å². The van der Waals surface area contributed by atoms with Crippen molar-refractivity contribution in [3.8, 4) is 17.2 Å². The molecule has 0 aliphatic rings. The summed E-state index contributed by atoms with van der Waals surface area (Å²) in [6.45, 7) is 1.29. The van der Waals surface area contributed by atoms with Crippen LogP contribution in [0.4, 0.5) is 0 Å². The maximum atomic E-state index is 13.5. The van der Waals surface area contributed by atoms with Crippen LogP contribution in [-0.4, -0.2) is 119 Å². The van der Waals surface area contributed by atoms with E-state index in [4.69, 9.17) is 27.9 Å². The molecule has 1 aromatic carbocycles. The number of likely N-dealkylation sites (N-methyl/N-ethyl adjacent to an activating group) is 1. The third kappa shape index (κ3) is 16.8. The van der Waals surface area contributed by atoms with Gasteiger partial charge in [-0.2, -0.15) is 25.3 Å². The minimum absolute atomic E-state index is 0.00880. The number of nitrogens with one attached hydrogen (secondary N) is 1. The monoisotopic (exact) mass is 662 g/mol. The molecule has 1 rings (SSSR count). The van der Waals surface area contributed by atoms with E-state index < -0.39 is 53.5 Å². The number of carbonyl (C=O) groups is 2. The highest BCUT2D eigenvalue weighted by atomic mass is 32.2. The number of Topliss-reactive ketones (excluding diaryl/α,β-unsaturated/α-hetero) is 1. The van der Waals surface area contributed by atoms with E-state index in [0.717, 1.165) is 0 Å². The highest BCUT2D eigenvalue weighted by Gasteiger charge is 2.23. The van der Waals surface area contributed by atoms with Crippen LogP contribution in [0.15, 0.2) is 12.1 Å². The van der Waals surface area contributed by atoms with E-state index in [1.807, 2.05) is 0 Å². The number of hydrogen-bond acceptors (Lipinski definition) is 12. The normalized spacial score (nSPS) is 12.1. The molecule has 0 heterocycles. The van der Waals surface area contributed by atoms with Crippen molar-refractivity contribution in [2.45, 2.75) is 32.6 Å². The van der Waals surface area contributed by atoms with E-state index in [9.17, 15) is 34.8 Å². The summed E-state index contributed by atoms with van der Waals surface area (Å²) in [5.41, 5.74) is 0.00880. The first kappa shape index (κ1) is 37.5. The fourth-order valence-electron chi connectivity index (χ4n) is 3.36. The molecule has 0 saturated carbocycles. The SMILES string of the molecule is CNCCN(CCC(C)=O)C(=O)c1cc(OCCCS(=O)(=O)O)c(OCCCS(=O)(=O)O)c(OCCCS(=O)(=O)O)c1. The second-order valence-corrected chi connectivity index (χ2v) is 13.8. The van der Waals surface area contributed by atoms with E-state index in [2.05, 4.69) is 5.32 Å². The molecule has 0 saturated heterocycles. The Balaban J connectivity index is 3.47. The van der Waals surface area contributed by atoms with Crippen LogP contribution < -0.4 is 19.5 Å². The van der Waals surface area contributed by atoms with Crippen molar-refractivity contribution < 1.29 is 62.7 Å². The zero-order valence-corrected chi connectivity index (χ0v) is 25.8. The van der Waals surface area contributed by atoms with Crippen molar-refractivity contribution >= 4 is 42.0 Å². The molecule has 0 aliphatic carbocycles. The van der Waals surface area contributed by atoms with Gasteiger partial charge in [-0.05, 0) is 45.4 Å². The van der Waals surface area contributed by atoms with Gasteiger partial charge in [0.1, 0.15) is 5.78 Å². The Morgan fingerprint density at radius 1 is 0.762 bits per heavy atom. The molecule has 0 bridgehead atoms. The Bertz CT molecular complexity index is 1300. The van der Waals surface area contributed by atoms with Gasteiger partial charge in [-0.25, -0.2) is 0 Å². The van der Waals surface area contributed by atoms with Crippen molar-refractivity contribution in [3.63, 3.8) is 0 Å². The van der Waals surface area contributed by atoms with Crippen LogP contribution in [-0.2, 0) is 35.1 Å². The smallest absolute Gasteiger partial charge is 0.264 e. The summed E-state index contributed by atoms with van der Waals surface area (Å²) >= 11 is 0. The third-order valence-electron chi connectivity index (χ3n) is 5.32. The molecule has 19 heteroatoms. The van der Waals surface area contributed by atoms with Crippen LogP contribution in [0.5, 0.6) is 17.2 Å². The minimum atomic E-state index is -4.29. The lowest BCUT2D eigenvalue weighted by molar-refractivity contribution is -0.117. The first-order chi connectivity index (χ1) is 19.4. The lowest BCUT2D eigenvalue weighted by Gasteiger charge is -2.24.